The van der Waals surface area contributed by atoms with Crippen LogP contribution in [0.5, 0.6) is 0 Å². The molecule has 1 aromatic heterocycles. The predicted molar refractivity (Wildman–Crippen MR) is 93.5 cm³/mol. The summed E-state index contributed by atoms with van der Waals surface area (Å²) in [6, 6.07) is 13.9. The van der Waals surface area contributed by atoms with E-state index in [0.29, 0.717) is 17.7 Å². The van der Waals surface area contributed by atoms with Crippen molar-refractivity contribution in [2.24, 2.45) is 0 Å². The summed E-state index contributed by atoms with van der Waals surface area (Å²) < 4.78 is 19.2. The number of aryl methyl sites for hydroxylation is 1. The number of hydrogen-bond acceptors (Lipinski definition) is 3. The maximum Gasteiger partial charge on any atom is 0.336 e. The van der Waals surface area contributed by atoms with E-state index in [1.54, 1.807) is 12.1 Å². The van der Waals surface area contributed by atoms with E-state index in [9.17, 15) is 9.18 Å². The minimum absolute atomic E-state index is 0.164. The molecule has 0 spiro atoms. The van der Waals surface area contributed by atoms with Gasteiger partial charge < -0.3 is 9.73 Å². The smallest absolute Gasteiger partial charge is 0.336 e. The Labute approximate surface area is 140 Å². The summed E-state index contributed by atoms with van der Waals surface area (Å²) in [5.74, 6) is -0.234. The zero-order valence-corrected chi connectivity index (χ0v) is 13.8. The standard InChI is InChI=1S/C20H20FNO2/c1-3-14-8-9-17-15(11-20(23)24-19(17)10-14)12-22-13(2)16-6-4-5-7-18(16)21/h4-11,13,22H,3,12H2,1-2H3. The Morgan fingerprint density at radius 1 is 1.17 bits per heavy atom. The Kier molecular flexibility index (Phi) is 4.76. The minimum atomic E-state index is -0.369. The number of nitrogens with one attached hydrogen (secondary N) is 1. The molecule has 2 aromatic carbocycles. The van der Waals surface area contributed by atoms with Crippen molar-refractivity contribution in [1.82, 2.24) is 5.32 Å². The monoisotopic (exact) mass is 325 g/mol. The molecule has 0 aliphatic rings. The second-order valence-corrected chi connectivity index (χ2v) is 5.90. The molecule has 0 saturated heterocycles. The van der Waals surface area contributed by atoms with Gasteiger partial charge in [-0.1, -0.05) is 37.3 Å². The highest BCUT2D eigenvalue weighted by atomic mass is 19.1. The van der Waals surface area contributed by atoms with Crippen LogP contribution >= 0.6 is 0 Å². The molecule has 0 saturated carbocycles. The van der Waals surface area contributed by atoms with E-state index in [4.69, 9.17) is 4.42 Å². The SMILES string of the molecule is CCc1ccc2c(CNC(C)c3ccccc3F)cc(=O)oc2c1. The second kappa shape index (κ2) is 6.97. The lowest BCUT2D eigenvalue weighted by Crippen LogP contribution is -2.20. The molecule has 3 rings (SSSR count). The van der Waals surface area contributed by atoms with Crippen LogP contribution in [0.15, 0.2) is 57.7 Å². The second-order valence-electron chi connectivity index (χ2n) is 5.90. The molecule has 0 aliphatic carbocycles. The van der Waals surface area contributed by atoms with Gasteiger partial charge in [-0.15, -0.1) is 0 Å². The van der Waals surface area contributed by atoms with Gasteiger partial charge >= 0.3 is 5.63 Å². The summed E-state index contributed by atoms with van der Waals surface area (Å²) in [5.41, 5.74) is 2.81. The van der Waals surface area contributed by atoms with Gasteiger partial charge in [0.25, 0.3) is 0 Å². The minimum Gasteiger partial charge on any atom is -0.423 e. The van der Waals surface area contributed by atoms with Crippen LogP contribution in [0, 0.1) is 5.82 Å². The van der Waals surface area contributed by atoms with E-state index in [1.807, 2.05) is 31.2 Å². The van der Waals surface area contributed by atoms with Gasteiger partial charge in [-0.05, 0) is 36.6 Å². The van der Waals surface area contributed by atoms with E-state index >= 15 is 0 Å². The maximum absolute atomic E-state index is 13.9. The van der Waals surface area contributed by atoms with Crippen LogP contribution in [0.25, 0.3) is 11.0 Å². The van der Waals surface area contributed by atoms with Crippen LogP contribution in [-0.2, 0) is 13.0 Å². The van der Waals surface area contributed by atoms with Crippen molar-refractivity contribution in [2.45, 2.75) is 32.9 Å². The molecule has 0 aliphatic heterocycles. The molecular formula is C20H20FNO2. The van der Waals surface area contributed by atoms with E-state index in [2.05, 4.69) is 12.2 Å². The lowest BCUT2D eigenvalue weighted by atomic mass is 10.0. The Balaban J connectivity index is 1.87. The van der Waals surface area contributed by atoms with Crippen molar-refractivity contribution in [3.05, 3.63) is 81.5 Å². The summed E-state index contributed by atoms with van der Waals surface area (Å²) in [5, 5.41) is 4.19. The first-order valence-electron chi connectivity index (χ1n) is 8.12. The Morgan fingerprint density at radius 3 is 2.71 bits per heavy atom. The fourth-order valence-corrected chi connectivity index (χ4v) is 2.84. The van der Waals surface area contributed by atoms with Gasteiger partial charge in [0, 0.05) is 29.6 Å². The van der Waals surface area contributed by atoms with E-state index in [1.165, 1.54) is 12.1 Å². The molecule has 1 unspecified atom stereocenters. The number of halogens is 1. The fourth-order valence-electron chi connectivity index (χ4n) is 2.84. The molecule has 0 fully saturated rings. The molecule has 1 N–H and O–H groups in total. The van der Waals surface area contributed by atoms with E-state index < -0.39 is 0 Å². The molecule has 0 bridgehead atoms. The first kappa shape index (κ1) is 16.4. The van der Waals surface area contributed by atoms with Crippen molar-refractivity contribution in [2.75, 3.05) is 0 Å². The summed E-state index contributed by atoms with van der Waals surface area (Å²) >= 11 is 0. The molecular weight excluding hydrogens is 305 g/mol. The van der Waals surface area contributed by atoms with Gasteiger partial charge in [0.2, 0.25) is 0 Å². The quantitative estimate of drug-likeness (QED) is 0.709. The van der Waals surface area contributed by atoms with E-state index in [0.717, 1.165) is 22.9 Å². The third-order valence-electron chi connectivity index (χ3n) is 4.27. The van der Waals surface area contributed by atoms with Gasteiger partial charge in [0.05, 0.1) is 0 Å². The summed E-state index contributed by atoms with van der Waals surface area (Å²) in [4.78, 5) is 11.8. The summed E-state index contributed by atoms with van der Waals surface area (Å²) in [6.07, 6.45) is 0.881. The van der Waals surface area contributed by atoms with Crippen molar-refractivity contribution < 1.29 is 8.81 Å². The lowest BCUT2D eigenvalue weighted by molar-refractivity contribution is 0.523. The Bertz CT molecular complexity index is 917. The number of benzene rings is 2. The molecule has 0 radical (unpaired) electrons. The normalized spacial score (nSPS) is 12.5. The van der Waals surface area contributed by atoms with Crippen LogP contribution in [0.4, 0.5) is 4.39 Å². The van der Waals surface area contributed by atoms with Crippen molar-refractivity contribution in [1.29, 1.82) is 0 Å². The van der Waals surface area contributed by atoms with Gasteiger partial charge in [-0.25, -0.2) is 9.18 Å². The molecule has 1 heterocycles. The number of rotatable bonds is 5. The highest BCUT2D eigenvalue weighted by molar-refractivity contribution is 5.80. The Morgan fingerprint density at radius 2 is 1.96 bits per heavy atom. The summed E-state index contributed by atoms with van der Waals surface area (Å²) in [7, 11) is 0. The van der Waals surface area contributed by atoms with Crippen molar-refractivity contribution >= 4 is 11.0 Å². The number of hydrogen-bond donors (Lipinski definition) is 1. The summed E-state index contributed by atoms with van der Waals surface area (Å²) in [6.45, 7) is 4.42. The van der Waals surface area contributed by atoms with Gasteiger partial charge in [-0.3, -0.25) is 0 Å². The molecule has 1 atom stereocenters. The molecule has 24 heavy (non-hydrogen) atoms. The largest absolute Gasteiger partial charge is 0.423 e. The average Bonchev–Trinajstić information content (AvgIpc) is 2.59. The first-order chi connectivity index (χ1) is 11.6. The highest BCUT2D eigenvalue weighted by Crippen LogP contribution is 2.21. The van der Waals surface area contributed by atoms with Crippen LogP contribution in [0.2, 0.25) is 0 Å². The fraction of sp³-hybridized carbons (Fsp3) is 0.250. The molecule has 3 nitrogen and oxygen atoms in total. The van der Waals surface area contributed by atoms with Crippen LogP contribution in [0.3, 0.4) is 0 Å². The van der Waals surface area contributed by atoms with Gasteiger partial charge in [0.1, 0.15) is 11.4 Å². The first-order valence-corrected chi connectivity index (χ1v) is 8.12. The highest BCUT2D eigenvalue weighted by Gasteiger charge is 2.12. The van der Waals surface area contributed by atoms with Crippen LogP contribution in [-0.4, -0.2) is 0 Å². The number of fused-ring (bicyclic) bond motifs is 1. The van der Waals surface area contributed by atoms with Crippen LogP contribution in [0.1, 0.15) is 36.6 Å². The van der Waals surface area contributed by atoms with E-state index in [-0.39, 0.29) is 17.5 Å². The van der Waals surface area contributed by atoms with Crippen molar-refractivity contribution in [3.8, 4) is 0 Å². The third-order valence-corrected chi connectivity index (χ3v) is 4.27. The predicted octanol–water partition coefficient (Wildman–Crippen LogP) is 4.35. The lowest BCUT2D eigenvalue weighted by Gasteiger charge is -2.15. The molecule has 0 amide bonds. The maximum atomic E-state index is 13.9. The topological polar surface area (TPSA) is 42.2 Å². The van der Waals surface area contributed by atoms with Crippen LogP contribution < -0.4 is 10.9 Å². The third kappa shape index (κ3) is 3.39. The molecule has 3 aromatic rings. The Hall–Kier alpha value is -2.46. The average molecular weight is 325 g/mol. The zero-order valence-electron chi connectivity index (χ0n) is 13.8. The molecule has 4 heteroatoms. The molecule has 124 valence electrons. The van der Waals surface area contributed by atoms with Crippen molar-refractivity contribution in [3.63, 3.8) is 0 Å². The van der Waals surface area contributed by atoms with Gasteiger partial charge in [0.15, 0.2) is 0 Å². The zero-order chi connectivity index (χ0) is 17.1. The van der Waals surface area contributed by atoms with Gasteiger partial charge in [-0.2, -0.15) is 0 Å².